The molecule has 0 spiro atoms. The maximum atomic E-state index is 11.8. The summed E-state index contributed by atoms with van der Waals surface area (Å²) in [4.78, 5) is 27.2. The minimum Gasteiger partial charge on any atom is -0.478 e. The van der Waals surface area contributed by atoms with Crippen molar-refractivity contribution in [3.05, 3.63) is 51.5 Å². The van der Waals surface area contributed by atoms with E-state index in [1.807, 2.05) is 0 Å². The number of hydrogen-bond donors (Lipinski definition) is 2. The molecule has 1 aromatic carbocycles. The van der Waals surface area contributed by atoms with E-state index in [2.05, 4.69) is 10.3 Å². The van der Waals surface area contributed by atoms with E-state index in [4.69, 9.17) is 5.11 Å². The molecule has 0 radical (unpaired) electrons. The monoisotopic (exact) mass is 290 g/mol. The van der Waals surface area contributed by atoms with Gasteiger partial charge >= 0.3 is 5.97 Å². The van der Waals surface area contributed by atoms with Crippen LogP contribution in [-0.4, -0.2) is 28.5 Å². The first kappa shape index (κ1) is 14.2. The maximum absolute atomic E-state index is 11.8. The average molecular weight is 290 g/mol. The van der Waals surface area contributed by atoms with Crippen LogP contribution in [0.25, 0.3) is 0 Å². The summed E-state index contributed by atoms with van der Waals surface area (Å²) in [6.07, 6.45) is 0.656. The van der Waals surface area contributed by atoms with Gasteiger partial charge in [-0.2, -0.15) is 0 Å². The number of carbonyl (C=O) groups excluding carboxylic acids is 1. The van der Waals surface area contributed by atoms with Crippen LogP contribution in [0.15, 0.2) is 29.8 Å². The second kappa shape index (κ2) is 6.29. The van der Waals surface area contributed by atoms with Crippen molar-refractivity contribution in [1.82, 2.24) is 10.3 Å². The third-order valence-corrected chi connectivity index (χ3v) is 3.78. The number of rotatable bonds is 5. The molecule has 1 heterocycles. The van der Waals surface area contributed by atoms with Gasteiger partial charge < -0.3 is 10.4 Å². The average Bonchev–Trinajstić information content (AvgIpc) is 2.85. The fourth-order valence-electron chi connectivity index (χ4n) is 1.73. The Morgan fingerprint density at radius 3 is 2.55 bits per heavy atom. The van der Waals surface area contributed by atoms with Crippen molar-refractivity contribution in [2.24, 2.45) is 0 Å². The van der Waals surface area contributed by atoms with Gasteiger partial charge in [0.15, 0.2) is 0 Å². The van der Waals surface area contributed by atoms with Crippen LogP contribution in [-0.2, 0) is 6.42 Å². The number of aromatic carboxylic acids is 1. The van der Waals surface area contributed by atoms with Gasteiger partial charge in [0.25, 0.3) is 5.91 Å². The third kappa shape index (κ3) is 3.42. The largest absolute Gasteiger partial charge is 0.478 e. The zero-order valence-corrected chi connectivity index (χ0v) is 11.7. The Morgan fingerprint density at radius 1 is 1.30 bits per heavy atom. The Hall–Kier alpha value is -2.21. The Balaban J connectivity index is 1.85. The van der Waals surface area contributed by atoms with E-state index in [1.54, 1.807) is 36.7 Å². The minimum absolute atomic E-state index is 0.118. The summed E-state index contributed by atoms with van der Waals surface area (Å²) in [5.41, 5.74) is 3.63. The van der Waals surface area contributed by atoms with Gasteiger partial charge in [0.05, 0.1) is 16.8 Å². The van der Waals surface area contributed by atoms with Crippen molar-refractivity contribution in [3.8, 4) is 0 Å². The molecule has 5 nitrogen and oxygen atoms in total. The molecule has 6 heteroatoms. The van der Waals surface area contributed by atoms with Crippen molar-refractivity contribution < 1.29 is 14.7 Å². The molecule has 0 fully saturated rings. The molecule has 0 saturated carbocycles. The standard InChI is InChI=1S/C14H14N2O3S/c1-9-12(20-8-16-9)13(17)15-7-6-10-2-4-11(5-3-10)14(18)19/h2-5,8H,6-7H2,1H3,(H,15,17)(H,18,19). The van der Waals surface area contributed by atoms with Gasteiger partial charge in [-0.15, -0.1) is 11.3 Å². The molecule has 2 aromatic rings. The van der Waals surface area contributed by atoms with Crippen molar-refractivity contribution in [2.75, 3.05) is 6.54 Å². The van der Waals surface area contributed by atoms with E-state index in [9.17, 15) is 9.59 Å². The van der Waals surface area contributed by atoms with E-state index >= 15 is 0 Å². The smallest absolute Gasteiger partial charge is 0.335 e. The Labute approximate surface area is 120 Å². The number of benzene rings is 1. The van der Waals surface area contributed by atoms with E-state index < -0.39 is 5.97 Å². The summed E-state index contributed by atoms with van der Waals surface area (Å²) in [7, 11) is 0. The van der Waals surface area contributed by atoms with E-state index in [0.29, 0.717) is 17.8 Å². The lowest BCUT2D eigenvalue weighted by Gasteiger charge is -2.05. The SMILES string of the molecule is Cc1ncsc1C(=O)NCCc1ccc(C(=O)O)cc1. The zero-order chi connectivity index (χ0) is 14.5. The van der Waals surface area contributed by atoms with Gasteiger partial charge in [0, 0.05) is 6.54 Å². The predicted molar refractivity (Wildman–Crippen MR) is 76.3 cm³/mol. The van der Waals surface area contributed by atoms with Crippen LogP contribution in [0.4, 0.5) is 0 Å². The quantitative estimate of drug-likeness (QED) is 0.884. The summed E-state index contributed by atoms with van der Waals surface area (Å²) in [5.74, 6) is -1.06. The van der Waals surface area contributed by atoms with Crippen molar-refractivity contribution in [3.63, 3.8) is 0 Å². The predicted octanol–water partition coefficient (Wildman–Crippen LogP) is 2.12. The van der Waals surface area contributed by atoms with E-state index in [1.165, 1.54) is 11.3 Å². The molecule has 0 saturated heterocycles. The van der Waals surface area contributed by atoms with Crippen LogP contribution in [0.2, 0.25) is 0 Å². The normalized spacial score (nSPS) is 10.2. The zero-order valence-electron chi connectivity index (χ0n) is 10.9. The van der Waals surface area contributed by atoms with Crippen LogP contribution < -0.4 is 5.32 Å². The highest BCUT2D eigenvalue weighted by Crippen LogP contribution is 2.11. The lowest BCUT2D eigenvalue weighted by molar-refractivity contribution is 0.0696. The summed E-state index contributed by atoms with van der Waals surface area (Å²) >= 11 is 1.32. The first-order valence-electron chi connectivity index (χ1n) is 6.08. The molecular formula is C14H14N2O3S. The fourth-order valence-corrected chi connectivity index (χ4v) is 2.45. The number of hydrogen-bond acceptors (Lipinski definition) is 4. The number of carbonyl (C=O) groups is 2. The van der Waals surface area contributed by atoms with Crippen molar-refractivity contribution in [1.29, 1.82) is 0 Å². The fraction of sp³-hybridized carbons (Fsp3) is 0.214. The number of amides is 1. The molecule has 2 rings (SSSR count). The number of carboxylic acids is 1. The topological polar surface area (TPSA) is 79.3 Å². The van der Waals surface area contributed by atoms with E-state index in [0.717, 1.165) is 11.3 Å². The lowest BCUT2D eigenvalue weighted by Crippen LogP contribution is -2.25. The van der Waals surface area contributed by atoms with Crippen molar-refractivity contribution >= 4 is 23.2 Å². The summed E-state index contributed by atoms with van der Waals surface area (Å²) < 4.78 is 0. The van der Waals surface area contributed by atoms with Gasteiger partial charge in [0.1, 0.15) is 4.88 Å². The Kier molecular flexibility index (Phi) is 4.47. The number of aryl methyl sites for hydroxylation is 1. The molecule has 0 unspecified atom stereocenters. The van der Waals surface area contributed by atoms with Crippen molar-refractivity contribution in [2.45, 2.75) is 13.3 Å². The number of nitrogens with one attached hydrogen (secondary N) is 1. The molecule has 20 heavy (non-hydrogen) atoms. The van der Waals surface area contributed by atoms with Crippen LogP contribution in [0.1, 0.15) is 31.3 Å². The molecule has 1 aromatic heterocycles. The number of thiazole rings is 1. The first-order chi connectivity index (χ1) is 9.58. The summed E-state index contributed by atoms with van der Waals surface area (Å²) in [6, 6.07) is 6.64. The first-order valence-corrected chi connectivity index (χ1v) is 6.96. The summed E-state index contributed by atoms with van der Waals surface area (Å²) in [6.45, 7) is 2.30. The number of aromatic nitrogens is 1. The molecule has 0 aliphatic carbocycles. The molecule has 1 amide bonds. The molecule has 2 N–H and O–H groups in total. The van der Waals surface area contributed by atoms with Gasteiger partial charge in [-0.25, -0.2) is 9.78 Å². The molecular weight excluding hydrogens is 276 g/mol. The van der Waals surface area contributed by atoms with Crippen LogP contribution >= 0.6 is 11.3 Å². The van der Waals surface area contributed by atoms with E-state index in [-0.39, 0.29) is 11.5 Å². The highest BCUT2D eigenvalue weighted by atomic mass is 32.1. The number of nitrogens with zero attached hydrogens (tertiary/aromatic N) is 1. The van der Waals surface area contributed by atoms with Gasteiger partial charge in [-0.1, -0.05) is 12.1 Å². The Bertz CT molecular complexity index is 620. The lowest BCUT2D eigenvalue weighted by atomic mass is 10.1. The number of carboxylic acid groups (broad SMARTS) is 1. The second-order valence-electron chi connectivity index (χ2n) is 4.27. The highest BCUT2D eigenvalue weighted by molar-refractivity contribution is 7.11. The third-order valence-electron chi connectivity index (χ3n) is 2.85. The minimum atomic E-state index is -0.939. The van der Waals surface area contributed by atoms with Crippen LogP contribution in [0, 0.1) is 6.92 Å². The van der Waals surface area contributed by atoms with Gasteiger partial charge in [0.2, 0.25) is 0 Å². The second-order valence-corrected chi connectivity index (χ2v) is 5.13. The summed E-state index contributed by atoms with van der Waals surface area (Å²) in [5, 5.41) is 11.6. The van der Waals surface area contributed by atoms with Gasteiger partial charge in [-0.3, -0.25) is 4.79 Å². The Morgan fingerprint density at radius 2 is 2.00 bits per heavy atom. The maximum Gasteiger partial charge on any atom is 0.335 e. The van der Waals surface area contributed by atoms with Crippen LogP contribution in [0.5, 0.6) is 0 Å². The molecule has 0 atom stereocenters. The molecule has 104 valence electrons. The molecule has 0 aliphatic heterocycles. The molecule has 0 aliphatic rings. The molecule has 0 bridgehead atoms. The van der Waals surface area contributed by atoms with Crippen LogP contribution in [0.3, 0.4) is 0 Å². The highest BCUT2D eigenvalue weighted by Gasteiger charge is 2.10. The van der Waals surface area contributed by atoms with Gasteiger partial charge in [-0.05, 0) is 31.0 Å².